The highest BCUT2D eigenvalue weighted by Crippen LogP contribution is 2.35. The number of rotatable bonds is 3. The standard InChI is InChI=1S/C14H19BrFNO/c1-9-8-18-7-6-10(9)14(17-2)11-4-3-5-12(15)13(11)16/h3-5,9-10,14,17H,6-8H2,1-2H3. The van der Waals surface area contributed by atoms with Crippen molar-refractivity contribution in [3.05, 3.63) is 34.1 Å². The molecule has 1 aliphatic rings. The second kappa shape index (κ2) is 6.13. The molecule has 3 unspecified atom stereocenters. The van der Waals surface area contributed by atoms with E-state index in [1.807, 2.05) is 19.2 Å². The van der Waals surface area contributed by atoms with Crippen LogP contribution in [0.15, 0.2) is 22.7 Å². The van der Waals surface area contributed by atoms with Gasteiger partial charge in [-0.3, -0.25) is 0 Å². The molecular weight excluding hydrogens is 297 g/mol. The van der Waals surface area contributed by atoms with Crippen LogP contribution in [0.25, 0.3) is 0 Å². The van der Waals surface area contributed by atoms with Gasteiger partial charge in [0.05, 0.1) is 4.47 Å². The van der Waals surface area contributed by atoms with Crippen LogP contribution in [0, 0.1) is 17.7 Å². The van der Waals surface area contributed by atoms with E-state index >= 15 is 0 Å². The maximum Gasteiger partial charge on any atom is 0.142 e. The number of hydrogen-bond acceptors (Lipinski definition) is 2. The average Bonchev–Trinajstić information content (AvgIpc) is 2.37. The molecule has 1 heterocycles. The first-order valence-corrected chi connectivity index (χ1v) is 7.13. The van der Waals surface area contributed by atoms with Crippen molar-refractivity contribution in [1.82, 2.24) is 5.32 Å². The minimum Gasteiger partial charge on any atom is -0.381 e. The number of benzene rings is 1. The molecular formula is C14H19BrFNO. The summed E-state index contributed by atoms with van der Waals surface area (Å²) < 4.78 is 20.2. The van der Waals surface area contributed by atoms with Gasteiger partial charge in [-0.15, -0.1) is 0 Å². The SMILES string of the molecule is CNC(c1cccc(Br)c1F)C1CCOCC1C. The molecule has 1 aliphatic heterocycles. The minimum absolute atomic E-state index is 0.0430. The van der Waals surface area contributed by atoms with Gasteiger partial charge in [-0.25, -0.2) is 4.39 Å². The van der Waals surface area contributed by atoms with E-state index in [2.05, 4.69) is 28.2 Å². The highest BCUT2D eigenvalue weighted by Gasteiger charge is 2.31. The van der Waals surface area contributed by atoms with E-state index in [0.29, 0.717) is 16.3 Å². The van der Waals surface area contributed by atoms with Crippen LogP contribution in [-0.2, 0) is 4.74 Å². The molecule has 1 saturated heterocycles. The smallest absolute Gasteiger partial charge is 0.142 e. The zero-order valence-corrected chi connectivity index (χ0v) is 12.3. The first kappa shape index (κ1) is 14.0. The summed E-state index contributed by atoms with van der Waals surface area (Å²) in [6.45, 7) is 3.70. The van der Waals surface area contributed by atoms with Gasteiger partial charge in [-0.05, 0) is 47.3 Å². The molecule has 3 atom stereocenters. The van der Waals surface area contributed by atoms with Crippen molar-refractivity contribution in [3.8, 4) is 0 Å². The van der Waals surface area contributed by atoms with Gasteiger partial charge in [-0.1, -0.05) is 19.1 Å². The Hall–Kier alpha value is -0.450. The summed E-state index contributed by atoms with van der Waals surface area (Å²) in [7, 11) is 1.90. The van der Waals surface area contributed by atoms with Gasteiger partial charge in [0, 0.05) is 24.8 Å². The fourth-order valence-electron chi connectivity index (χ4n) is 2.75. The minimum atomic E-state index is -0.157. The van der Waals surface area contributed by atoms with E-state index in [1.54, 1.807) is 6.07 Å². The molecule has 0 aliphatic carbocycles. The average molecular weight is 316 g/mol. The second-order valence-corrected chi connectivity index (χ2v) is 5.77. The third kappa shape index (κ3) is 2.76. The number of nitrogens with one attached hydrogen (secondary N) is 1. The lowest BCUT2D eigenvalue weighted by Gasteiger charge is -2.35. The molecule has 1 N–H and O–H groups in total. The third-order valence-corrected chi connectivity index (χ3v) is 4.38. The summed E-state index contributed by atoms with van der Waals surface area (Å²) in [5.41, 5.74) is 0.741. The van der Waals surface area contributed by atoms with Crippen molar-refractivity contribution in [3.63, 3.8) is 0 Å². The van der Waals surface area contributed by atoms with Gasteiger partial charge in [0.25, 0.3) is 0 Å². The first-order chi connectivity index (χ1) is 8.65. The molecule has 0 saturated carbocycles. The Labute approximate surface area is 116 Å². The van der Waals surface area contributed by atoms with Crippen molar-refractivity contribution in [2.24, 2.45) is 11.8 Å². The van der Waals surface area contributed by atoms with Crippen LogP contribution in [0.3, 0.4) is 0 Å². The van der Waals surface area contributed by atoms with Crippen molar-refractivity contribution in [2.45, 2.75) is 19.4 Å². The Morgan fingerprint density at radius 1 is 1.50 bits per heavy atom. The summed E-state index contributed by atoms with van der Waals surface area (Å²) >= 11 is 3.26. The number of ether oxygens (including phenoxy) is 1. The van der Waals surface area contributed by atoms with Gasteiger partial charge in [0.1, 0.15) is 5.82 Å². The van der Waals surface area contributed by atoms with Crippen molar-refractivity contribution in [1.29, 1.82) is 0 Å². The molecule has 4 heteroatoms. The lowest BCUT2D eigenvalue weighted by atomic mass is 9.80. The quantitative estimate of drug-likeness (QED) is 0.921. The summed E-state index contributed by atoms with van der Waals surface area (Å²) in [6.07, 6.45) is 0.971. The molecule has 1 aromatic carbocycles. The van der Waals surface area contributed by atoms with Crippen LogP contribution in [0.1, 0.15) is 24.9 Å². The molecule has 1 aromatic rings. The molecule has 0 radical (unpaired) electrons. The molecule has 1 fully saturated rings. The highest BCUT2D eigenvalue weighted by atomic mass is 79.9. The largest absolute Gasteiger partial charge is 0.381 e. The van der Waals surface area contributed by atoms with E-state index in [-0.39, 0.29) is 11.9 Å². The van der Waals surface area contributed by atoms with Crippen LogP contribution in [0.2, 0.25) is 0 Å². The van der Waals surface area contributed by atoms with E-state index in [1.165, 1.54) is 0 Å². The summed E-state index contributed by atoms with van der Waals surface area (Å²) in [5.74, 6) is 0.692. The molecule has 18 heavy (non-hydrogen) atoms. The fourth-order valence-corrected chi connectivity index (χ4v) is 3.13. The third-order valence-electron chi connectivity index (χ3n) is 3.76. The first-order valence-electron chi connectivity index (χ1n) is 6.34. The Morgan fingerprint density at radius 3 is 2.94 bits per heavy atom. The lowest BCUT2D eigenvalue weighted by molar-refractivity contribution is 0.0111. The predicted octanol–water partition coefficient (Wildman–Crippen LogP) is 3.52. The monoisotopic (exact) mass is 315 g/mol. The molecule has 2 rings (SSSR count). The maximum absolute atomic E-state index is 14.2. The van der Waals surface area contributed by atoms with E-state index in [0.717, 1.165) is 25.2 Å². The van der Waals surface area contributed by atoms with Crippen LogP contribution < -0.4 is 5.32 Å². The molecule has 0 aromatic heterocycles. The topological polar surface area (TPSA) is 21.3 Å². The normalized spacial score (nSPS) is 26.0. The lowest BCUT2D eigenvalue weighted by Crippen LogP contribution is -2.36. The molecule has 0 spiro atoms. The Bertz CT molecular complexity index is 413. The molecule has 100 valence electrons. The Morgan fingerprint density at radius 2 is 2.28 bits per heavy atom. The summed E-state index contributed by atoms with van der Waals surface area (Å²) in [4.78, 5) is 0. The van der Waals surface area contributed by atoms with Crippen molar-refractivity contribution < 1.29 is 9.13 Å². The zero-order valence-electron chi connectivity index (χ0n) is 10.7. The zero-order chi connectivity index (χ0) is 13.1. The Kier molecular flexibility index (Phi) is 4.76. The van der Waals surface area contributed by atoms with E-state index in [4.69, 9.17) is 4.74 Å². The van der Waals surface area contributed by atoms with Crippen LogP contribution >= 0.6 is 15.9 Å². The number of halogens is 2. The number of hydrogen-bond donors (Lipinski definition) is 1. The Balaban J connectivity index is 2.29. The van der Waals surface area contributed by atoms with Gasteiger partial charge in [0.15, 0.2) is 0 Å². The summed E-state index contributed by atoms with van der Waals surface area (Å²) in [6, 6.07) is 5.53. The van der Waals surface area contributed by atoms with E-state index < -0.39 is 0 Å². The van der Waals surface area contributed by atoms with Crippen molar-refractivity contribution >= 4 is 15.9 Å². The molecule has 2 nitrogen and oxygen atoms in total. The predicted molar refractivity (Wildman–Crippen MR) is 74.0 cm³/mol. The van der Waals surface area contributed by atoms with Crippen LogP contribution in [-0.4, -0.2) is 20.3 Å². The fraction of sp³-hybridized carbons (Fsp3) is 0.571. The molecule has 0 bridgehead atoms. The van der Waals surface area contributed by atoms with Gasteiger partial charge >= 0.3 is 0 Å². The second-order valence-electron chi connectivity index (χ2n) is 4.91. The van der Waals surface area contributed by atoms with Crippen LogP contribution in [0.5, 0.6) is 0 Å². The van der Waals surface area contributed by atoms with Crippen LogP contribution in [0.4, 0.5) is 4.39 Å². The molecule has 0 amide bonds. The van der Waals surface area contributed by atoms with E-state index in [9.17, 15) is 4.39 Å². The van der Waals surface area contributed by atoms with Crippen molar-refractivity contribution in [2.75, 3.05) is 20.3 Å². The summed E-state index contributed by atoms with van der Waals surface area (Å²) in [5, 5.41) is 3.27. The van der Waals surface area contributed by atoms with Gasteiger partial charge in [-0.2, -0.15) is 0 Å². The maximum atomic E-state index is 14.2. The van der Waals surface area contributed by atoms with Gasteiger partial charge < -0.3 is 10.1 Å². The van der Waals surface area contributed by atoms with Gasteiger partial charge in [0.2, 0.25) is 0 Å². The highest BCUT2D eigenvalue weighted by molar-refractivity contribution is 9.10.